The Hall–Kier alpha value is -2.97. The Morgan fingerprint density at radius 2 is 1.69 bits per heavy atom. The van der Waals surface area contributed by atoms with Gasteiger partial charge in [0.05, 0.1) is 16.0 Å². The number of sulfonamides is 1. The molecular formula is C24H25N3O4S. The molecular weight excluding hydrogens is 426 g/mol. The Kier molecular flexibility index (Phi) is 5.14. The minimum Gasteiger partial charge on any atom is -0.311 e. The summed E-state index contributed by atoms with van der Waals surface area (Å²) in [5, 5.41) is 0.720. The van der Waals surface area contributed by atoms with Gasteiger partial charge in [0.1, 0.15) is 0 Å². The number of aromatic nitrogens is 1. The van der Waals surface area contributed by atoms with E-state index in [4.69, 9.17) is 0 Å². The summed E-state index contributed by atoms with van der Waals surface area (Å²) >= 11 is 0. The van der Waals surface area contributed by atoms with E-state index in [1.165, 1.54) is 10.6 Å². The van der Waals surface area contributed by atoms with E-state index in [-0.39, 0.29) is 16.4 Å². The number of carbonyl (C=O) groups is 1. The number of para-hydroxylation sites is 1. The first-order valence-corrected chi connectivity index (χ1v) is 12.4. The number of hydrogen-bond acceptors (Lipinski definition) is 4. The second kappa shape index (κ2) is 7.86. The number of piperidine rings is 1. The lowest BCUT2D eigenvalue weighted by Gasteiger charge is -2.26. The van der Waals surface area contributed by atoms with Gasteiger partial charge in [-0.25, -0.2) is 8.42 Å². The highest BCUT2D eigenvalue weighted by atomic mass is 32.2. The van der Waals surface area contributed by atoms with Gasteiger partial charge in [0, 0.05) is 43.8 Å². The van der Waals surface area contributed by atoms with Crippen LogP contribution in [0, 0.1) is 0 Å². The molecule has 2 aliphatic heterocycles. The monoisotopic (exact) mass is 451 g/mol. The minimum absolute atomic E-state index is 0.241. The molecule has 0 aliphatic carbocycles. The fourth-order valence-corrected chi connectivity index (χ4v) is 6.31. The van der Waals surface area contributed by atoms with Gasteiger partial charge < -0.3 is 9.47 Å². The van der Waals surface area contributed by atoms with Crippen molar-refractivity contribution in [2.45, 2.75) is 30.6 Å². The first-order chi connectivity index (χ1) is 15.4. The number of amides is 1. The zero-order valence-electron chi connectivity index (χ0n) is 18.0. The summed E-state index contributed by atoms with van der Waals surface area (Å²) in [5.41, 5.74) is 2.36. The van der Waals surface area contributed by atoms with Crippen molar-refractivity contribution in [1.29, 1.82) is 0 Å². The van der Waals surface area contributed by atoms with Gasteiger partial charge >= 0.3 is 0 Å². The van der Waals surface area contributed by atoms with Crippen molar-refractivity contribution in [2.75, 3.05) is 24.5 Å². The van der Waals surface area contributed by atoms with Gasteiger partial charge in [0.25, 0.3) is 11.5 Å². The number of carbonyl (C=O) groups excluding carboxylic acids is 1. The van der Waals surface area contributed by atoms with Crippen LogP contribution in [0.2, 0.25) is 0 Å². The lowest BCUT2D eigenvalue weighted by atomic mass is 10.1. The van der Waals surface area contributed by atoms with Gasteiger partial charge in [-0.15, -0.1) is 0 Å². The normalized spacial score (nSPS) is 17.0. The number of anilines is 1. The Labute approximate surface area is 186 Å². The van der Waals surface area contributed by atoms with Crippen molar-refractivity contribution >= 4 is 32.5 Å². The van der Waals surface area contributed by atoms with E-state index in [9.17, 15) is 18.0 Å². The number of fused-ring (bicyclic) bond motifs is 2. The predicted octanol–water partition coefficient (Wildman–Crippen LogP) is 2.92. The van der Waals surface area contributed by atoms with Crippen molar-refractivity contribution in [3.63, 3.8) is 0 Å². The van der Waals surface area contributed by atoms with Crippen molar-refractivity contribution in [3.8, 4) is 0 Å². The van der Waals surface area contributed by atoms with E-state index in [1.807, 2.05) is 24.3 Å². The zero-order chi connectivity index (χ0) is 22.5. The lowest BCUT2D eigenvalue weighted by molar-refractivity contribution is 0.0990. The molecule has 0 radical (unpaired) electrons. The highest BCUT2D eigenvalue weighted by Crippen LogP contribution is 2.33. The van der Waals surface area contributed by atoms with Crippen molar-refractivity contribution in [1.82, 2.24) is 8.87 Å². The third kappa shape index (κ3) is 3.34. The van der Waals surface area contributed by atoms with Gasteiger partial charge in [0.15, 0.2) is 0 Å². The van der Waals surface area contributed by atoms with Crippen LogP contribution in [0.1, 0.15) is 35.2 Å². The summed E-state index contributed by atoms with van der Waals surface area (Å²) in [4.78, 5) is 27.8. The molecule has 1 fully saturated rings. The summed E-state index contributed by atoms with van der Waals surface area (Å²) in [7, 11) is -1.84. The summed E-state index contributed by atoms with van der Waals surface area (Å²) in [6, 6.07) is 13.8. The Balaban J connectivity index is 1.51. The molecule has 2 aliphatic rings. The van der Waals surface area contributed by atoms with Gasteiger partial charge in [-0.3, -0.25) is 9.59 Å². The lowest BCUT2D eigenvalue weighted by Crippen LogP contribution is -2.35. The molecule has 0 bridgehead atoms. The van der Waals surface area contributed by atoms with E-state index in [2.05, 4.69) is 0 Å². The fourth-order valence-electron chi connectivity index (χ4n) is 4.74. The maximum Gasteiger partial charge on any atom is 0.259 e. The minimum atomic E-state index is -3.53. The SMILES string of the molecule is Cn1c(=O)cc(C(=O)N2CCc3cc(S(=O)(=O)N4CCCCC4)ccc32)c2ccccc21. The molecule has 0 unspecified atom stereocenters. The third-order valence-electron chi connectivity index (χ3n) is 6.53. The van der Waals surface area contributed by atoms with Crippen molar-refractivity contribution < 1.29 is 13.2 Å². The number of hydrogen-bond donors (Lipinski definition) is 0. The van der Waals surface area contributed by atoms with E-state index in [1.54, 1.807) is 34.5 Å². The number of rotatable bonds is 3. The van der Waals surface area contributed by atoms with Crippen LogP contribution in [0.15, 0.2) is 58.2 Å². The molecule has 8 heteroatoms. The average molecular weight is 452 g/mol. The first kappa shape index (κ1) is 20.9. The maximum atomic E-state index is 13.5. The average Bonchev–Trinajstić information content (AvgIpc) is 3.25. The van der Waals surface area contributed by atoms with Gasteiger partial charge in [-0.2, -0.15) is 4.31 Å². The molecule has 2 aromatic carbocycles. The largest absolute Gasteiger partial charge is 0.311 e. The third-order valence-corrected chi connectivity index (χ3v) is 8.42. The van der Waals surface area contributed by atoms with Crippen LogP contribution in [-0.2, 0) is 23.5 Å². The second-order valence-corrected chi connectivity index (χ2v) is 10.4. The molecule has 32 heavy (non-hydrogen) atoms. The van der Waals surface area contributed by atoms with Crippen LogP contribution in [0.3, 0.4) is 0 Å². The first-order valence-electron chi connectivity index (χ1n) is 10.9. The number of nitrogens with zero attached hydrogens (tertiary/aromatic N) is 3. The highest BCUT2D eigenvalue weighted by Gasteiger charge is 2.31. The molecule has 3 aromatic rings. The molecule has 166 valence electrons. The van der Waals surface area contributed by atoms with Crippen LogP contribution >= 0.6 is 0 Å². The van der Waals surface area contributed by atoms with Crippen molar-refractivity contribution in [2.24, 2.45) is 7.05 Å². The van der Waals surface area contributed by atoms with E-state index >= 15 is 0 Å². The molecule has 3 heterocycles. The molecule has 1 aromatic heterocycles. The summed E-state index contributed by atoms with van der Waals surface area (Å²) in [6.45, 7) is 1.56. The smallest absolute Gasteiger partial charge is 0.259 e. The number of aryl methyl sites for hydroxylation is 1. The Bertz CT molecular complexity index is 1390. The van der Waals surface area contributed by atoms with Crippen LogP contribution in [0.4, 0.5) is 5.69 Å². The van der Waals surface area contributed by atoms with Crippen molar-refractivity contribution in [3.05, 3.63) is 70.0 Å². The number of benzene rings is 2. The van der Waals surface area contributed by atoms with Gasteiger partial charge in [0.2, 0.25) is 10.0 Å². The van der Waals surface area contributed by atoms with E-state index in [0.717, 1.165) is 30.2 Å². The summed E-state index contributed by atoms with van der Waals surface area (Å²) < 4.78 is 29.2. The fraction of sp³-hybridized carbons (Fsp3) is 0.333. The predicted molar refractivity (Wildman–Crippen MR) is 124 cm³/mol. The molecule has 1 amide bonds. The quantitative estimate of drug-likeness (QED) is 0.613. The molecule has 0 saturated carbocycles. The standard InChI is InChI=1S/C24H25N3O4S/c1-25-22-8-4-3-7-19(22)20(16-23(25)28)24(29)27-14-11-17-15-18(9-10-21(17)27)32(30,31)26-12-5-2-6-13-26/h3-4,7-10,15-16H,2,5-6,11-14H2,1H3. The van der Waals surface area contributed by atoms with E-state index < -0.39 is 10.0 Å². The molecule has 0 atom stereocenters. The molecule has 5 rings (SSSR count). The van der Waals surface area contributed by atoms with Crippen LogP contribution in [0.25, 0.3) is 10.9 Å². The zero-order valence-corrected chi connectivity index (χ0v) is 18.8. The van der Waals surface area contributed by atoms with Gasteiger partial charge in [-0.05, 0) is 49.1 Å². The molecule has 7 nitrogen and oxygen atoms in total. The topological polar surface area (TPSA) is 79.7 Å². The highest BCUT2D eigenvalue weighted by molar-refractivity contribution is 7.89. The maximum absolute atomic E-state index is 13.5. The van der Waals surface area contributed by atoms with Crippen LogP contribution in [-0.4, -0.2) is 42.8 Å². The second-order valence-electron chi connectivity index (χ2n) is 8.43. The molecule has 0 spiro atoms. The summed E-state index contributed by atoms with van der Waals surface area (Å²) in [6.07, 6.45) is 3.41. The Morgan fingerprint density at radius 1 is 0.938 bits per heavy atom. The Morgan fingerprint density at radius 3 is 2.47 bits per heavy atom. The van der Waals surface area contributed by atoms with Crippen LogP contribution in [0.5, 0.6) is 0 Å². The molecule has 1 saturated heterocycles. The van der Waals surface area contributed by atoms with E-state index in [0.29, 0.717) is 42.8 Å². The molecule has 0 N–H and O–H groups in total. The summed E-state index contributed by atoms with van der Waals surface area (Å²) in [5.74, 6) is -0.246. The number of pyridine rings is 1. The van der Waals surface area contributed by atoms with Crippen LogP contribution < -0.4 is 10.5 Å². The van der Waals surface area contributed by atoms with Gasteiger partial charge in [-0.1, -0.05) is 24.6 Å².